The first-order valence-corrected chi connectivity index (χ1v) is 6.65. The summed E-state index contributed by atoms with van der Waals surface area (Å²) in [6.07, 6.45) is 2.25. The normalized spacial score (nSPS) is 15.1. The van der Waals surface area contributed by atoms with E-state index in [1.165, 1.54) is 12.1 Å². The summed E-state index contributed by atoms with van der Waals surface area (Å²) in [5, 5.41) is 7.77. The molecule has 4 heteroatoms. The molecule has 0 amide bonds. The second-order valence-corrected chi connectivity index (χ2v) is 5.21. The van der Waals surface area contributed by atoms with Crippen molar-refractivity contribution in [3.63, 3.8) is 0 Å². The van der Waals surface area contributed by atoms with Crippen LogP contribution in [0, 0.1) is 12.8 Å². The van der Waals surface area contributed by atoms with Crippen molar-refractivity contribution < 1.29 is 0 Å². The summed E-state index contributed by atoms with van der Waals surface area (Å²) in [5.41, 5.74) is 2.37. The Labute approximate surface area is 107 Å². The fourth-order valence-corrected chi connectivity index (χ4v) is 2.56. The average molecular weight is 288 g/mol. The largest absolute Gasteiger partial charge is 0.317 e. The number of hydrogen-bond donors (Lipinski definition) is 1. The maximum absolute atomic E-state index is 4.43. The van der Waals surface area contributed by atoms with Gasteiger partial charge in [-0.2, -0.15) is 5.10 Å². The van der Waals surface area contributed by atoms with Crippen LogP contribution in [0.2, 0.25) is 0 Å². The van der Waals surface area contributed by atoms with Crippen LogP contribution in [0.25, 0.3) is 0 Å². The predicted molar refractivity (Wildman–Crippen MR) is 71.7 cm³/mol. The second kappa shape index (κ2) is 5.82. The van der Waals surface area contributed by atoms with Gasteiger partial charge in [-0.1, -0.05) is 13.3 Å². The van der Waals surface area contributed by atoms with Gasteiger partial charge in [0.1, 0.15) is 0 Å². The van der Waals surface area contributed by atoms with Gasteiger partial charge in [0.05, 0.1) is 15.9 Å². The quantitative estimate of drug-likeness (QED) is 0.902. The molecule has 1 N–H and O–H groups in total. The molecule has 0 aromatic carbocycles. The molecule has 1 rings (SSSR count). The molecule has 0 bridgehead atoms. The summed E-state index contributed by atoms with van der Waals surface area (Å²) in [5.74, 6) is 0.649. The van der Waals surface area contributed by atoms with Crippen molar-refractivity contribution in [2.75, 3.05) is 7.05 Å². The van der Waals surface area contributed by atoms with Gasteiger partial charge in [-0.25, -0.2) is 0 Å². The Kier molecular flexibility index (Phi) is 4.99. The van der Waals surface area contributed by atoms with Gasteiger partial charge in [-0.15, -0.1) is 0 Å². The summed E-state index contributed by atoms with van der Waals surface area (Å²) in [7, 11) is 4.04. The van der Waals surface area contributed by atoms with Gasteiger partial charge in [-0.3, -0.25) is 4.68 Å². The first-order chi connectivity index (χ1) is 7.51. The minimum Gasteiger partial charge on any atom is -0.317 e. The van der Waals surface area contributed by atoms with Crippen LogP contribution in [0.15, 0.2) is 4.47 Å². The highest BCUT2D eigenvalue weighted by Gasteiger charge is 2.19. The van der Waals surface area contributed by atoms with Gasteiger partial charge >= 0.3 is 0 Å². The average Bonchev–Trinajstić information content (AvgIpc) is 2.50. The summed E-state index contributed by atoms with van der Waals surface area (Å²) in [6, 6.07) is 0.534. The number of nitrogens with one attached hydrogen (secondary N) is 1. The van der Waals surface area contributed by atoms with E-state index in [0.717, 1.165) is 16.6 Å². The van der Waals surface area contributed by atoms with E-state index in [-0.39, 0.29) is 0 Å². The van der Waals surface area contributed by atoms with E-state index in [1.807, 2.05) is 25.7 Å². The minimum atomic E-state index is 0.534. The molecule has 2 atom stereocenters. The molecule has 0 aliphatic rings. The summed E-state index contributed by atoms with van der Waals surface area (Å²) >= 11 is 3.63. The predicted octanol–water partition coefficient (Wildman–Crippen LogP) is 2.67. The fraction of sp³-hybridized carbons (Fsp3) is 0.750. The Morgan fingerprint density at radius 2 is 2.12 bits per heavy atom. The van der Waals surface area contributed by atoms with Crippen molar-refractivity contribution in [2.24, 2.45) is 13.0 Å². The van der Waals surface area contributed by atoms with Gasteiger partial charge in [-0.05, 0) is 49.2 Å². The lowest BCUT2D eigenvalue weighted by atomic mass is 9.93. The first-order valence-electron chi connectivity index (χ1n) is 5.86. The zero-order valence-corrected chi connectivity index (χ0v) is 12.4. The molecule has 2 unspecified atom stereocenters. The molecule has 0 spiro atoms. The number of aromatic nitrogens is 2. The van der Waals surface area contributed by atoms with Gasteiger partial charge in [0.15, 0.2) is 0 Å². The maximum Gasteiger partial charge on any atom is 0.0738 e. The number of rotatable bonds is 5. The smallest absolute Gasteiger partial charge is 0.0738 e. The second-order valence-electron chi connectivity index (χ2n) is 4.42. The topological polar surface area (TPSA) is 29.9 Å². The summed E-state index contributed by atoms with van der Waals surface area (Å²) in [6.45, 7) is 6.52. The third-order valence-corrected chi connectivity index (χ3v) is 4.44. The molecule has 92 valence electrons. The minimum absolute atomic E-state index is 0.534. The van der Waals surface area contributed by atoms with Crippen LogP contribution < -0.4 is 5.32 Å². The van der Waals surface area contributed by atoms with Crippen molar-refractivity contribution in [3.05, 3.63) is 15.9 Å². The first kappa shape index (κ1) is 13.7. The highest BCUT2D eigenvalue weighted by Crippen LogP contribution is 2.25. The SMILES string of the molecule is CCC(Cc1c(Br)c(C)nn1C)C(C)NC. The molecule has 0 saturated carbocycles. The van der Waals surface area contributed by atoms with Crippen LogP contribution >= 0.6 is 15.9 Å². The Balaban J connectivity index is 2.85. The fourth-order valence-electron chi connectivity index (χ4n) is 2.06. The Bertz CT molecular complexity index is 346. The van der Waals surface area contributed by atoms with E-state index in [9.17, 15) is 0 Å². The Morgan fingerprint density at radius 3 is 2.50 bits per heavy atom. The van der Waals surface area contributed by atoms with Crippen molar-refractivity contribution in [1.29, 1.82) is 0 Å². The monoisotopic (exact) mass is 287 g/mol. The van der Waals surface area contributed by atoms with Gasteiger partial charge < -0.3 is 5.32 Å². The van der Waals surface area contributed by atoms with Crippen LogP contribution in [-0.4, -0.2) is 22.9 Å². The molecule has 3 nitrogen and oxygen atoms in total. The molecule has 1 aromatic heterocycles. The number of nitrogens with zero attached hydrogens (tertiary/aromatic N) is 2. The molecule has 0 radical (unpaired) electrons. The Morgan fingerprint density at radius 1 is 1.50 bits per heavy atom. The van der Waals surface area contributed by atoms with Gasteiger partial charge in [0.2, 0.25) is 0 Å². The van der Waals surface area contributed by atoms with Crippen LogP contribution in [-0.2, 0) is 13.5 Å². The Hall–Kier alpha value is -0.350. The van der Waals surface area contributed by atoms with Gasteiger partial charge in [0, 0.05) is 13.1 Å². The lowest BCUT2D eigenvalue weighted by Gasteiger charge is -2.22. The molecule has 16 heavy (non-hydrogen) atoms. The molecule has 0 aliphatic heterocycles. The van der Waals surface area contributed by atoms with Crippen molar-refractivity contribution in [3.8, 4) is 0 Å². The van der Waals surface area contributed by atoms with E-state index < -0.39 is 0 Å². The molecule has 0 saturated heterocycles. The standard InChI is InChI=1S/C12H22BrN3/c1-6-10(8(2)14-4)7-11-12(13)9(3)15-16(11)5/h8,10,14H,6-7H2,1-5H3. The lowest BCUT2D eigenvalue weighted by Crippen LogP contribution is -2.31. The lowest BCUT2D eigenvalue weighted by molar-refractivity contribution is 0.373. The zero-order valence-electron chi connectivity index (χ0n) is 10.8. The van der Waals surface area contributed by atoms with E-state index in [0.29, 0.717) is 12.0 Å². The van der Waals surface area contributed by atoms with E-state index in [1.54, 1.807) is 0 Å². The highest BCUT2D eigenvalue weighted by molar-refractivity contribution is 9.10. The van der Waals surface area contributed by atoms with Crippen molar-refractivity contribution in [2.45, 2.75) is 39.7 Å². The van der Waals surface area contributed by atoms with Crippen molar-refractivity contribution >= 4 is 15.9 Å². The third-order valence-electron chi connectivity index (χ3n) is 3.40. The summed E-state index contributed by atoms with van der Waals surface area (Å²) < 4.78 is 3.15. The molecule has 0 aliphatic carbocycles. The maximum atomic E-state index is 4.43. The van der Waals surface area contributed by atoms with E-state index in [4.69, 9.17) is 0 Å². The number of halogens is 1. The van der Waals surface area contributed by atoms with Gasteiger partial charge in [0.25, 0.3) is 0 Å². The van der Waals surface area contributed by atoms with E-state index >= 15 is 0 Å². The van der Waals surface area contributed by atoms with Crippen LogP contribution in [0.3, 0.4) is 0 Å². The molecular formula is C12H22BrN3. The van der Waals surface area contributed by atoms with Crippen LogP contribution in [0.4, 0.5) is 0 Å². The summed E-state index contributed by atoms with van der Waals surface area (Å²) in [4.78, 5) is 0. The third kappa shape index (κ3) is 2.86. The van der Waals surface area contributed by atoms with Crippen molar-refractivity contribution in [1.82, 2.24) is 15.1 Å². The molecule has 1 heterocycles. The van der Waals surface area contributed by atoms with Crippen LogP contribution in [0.1, 0.15) is 31.7 Å². The highest BCUT2D eigenvalue weighted by atomic mass is 79.9. The van der Waals surface area contributed by atoms with Crippen LogP contribution in [0.5, 0.6) is 0 Å². The van der Waals surface area contributed by atoms with E-state index in [2.05, 4.69) is 40.2 Å². The molecular weight excluding hydrogens is 266 g/mol. The number of aryl methyl sites for hydroxylation is 2. The number of hydrogen-bond acceptors (Lipinski definition) is 2. The molecule has 0 fully saturated rings. The zero-order chi connectivity index (χ0) is 12.3. The molecule has 1 aromatic rings.